The van der Waals surface area contributed by atoms with Gasteiger partial charge in [-0.25, -0.2) is 12.2 Å². The Kier molecular flexibility index (Phi) is 15.9. The van der Waals surface area contributed by atoms with Crippen LogP contribution < -0.4 is 24.8 Å². The van der Waals surface area contributed by atoms with Crippen LogP contribution in [-0.4, -0.2) is 5.43 Å². The standard InChI is InChI=1S/C13H9.C8H18Si.C5H5.2ClH.Zr/c1-3-7-12-10(5-1)9-11-6-2-4-8-13(11)12;1-7(2)5-9-6-8(3)4;1-2-4-5-3-1;;;/h1-9H;7-8H,5-6H2,1-4H3;1-3H,4H2;2*1H;/q-1;;-1;;;+2/p-2. The molecule has 0 spiro atoms. The Morgan fingerprint density at radius 2 is 1.33 bits per heavy atom. The monoisotopic (exact) mass is 532 g/mol. The smallest absolute Gasteiger partial charge is 0.0771 e. The molecule has 0 saturated carbocycles. The van der Waals surface area contributed by atoms with Crippen LogP contribution in [0.4, 0.5) is 0 Å². The van der Waals surface area contributed by atoms with E-state index in [0.717, 1.165) is 18.3 Å². The van der Waals surface area contributed by atoms with Crippen molar-refractivity contribution in [3.05, 3.63) is 78.9 Å². The summed E-state index contributed by atoms with van der Waals surface area (Å²) in [5.74, 6) is 1.87. The topological polar surface area (TPSA) is 0 Å². The van der Waals surface area contributed by atoms with Gasteiger partial charge in [0.05, 0.1) is 0 Å². The zero-order chi connectivity index (χ0) is 20.4. The van der Waals surface area contributed by atoms with Crippen molar-refractivity contribution in [1.29, 1.82) is 0 Å². The first-order valence-corrected chi connectivity index (χ1v) is 15.9. The summed E-state index contributed by atoms with van der Waals surface area (Å²) in [6.07, 6.45) is 10.0. The molecule has 0 unspecified atom stereocenters. The molecule has 1 aliphatic rings. The summed E-state index contributed by atoms with van der Waals surface area (Å²) in [4.78, 5) is 0. The summed E-state index contributed by atoms with van der Waals surface area (Å²) in [6, 6.07) is 22.3. The first-order chi connectivity index (χ1) is 13.5. The zero-order valence-corrected chi connectivity index (χ0v) is 23.4. The average molecular weight is 535 g/mol. The molecule has 0 amide bonds. The molecule has 160 valence electrons. The van der Waals surface area contributed by atoms with E-state index in [9.17, 15) is 0 Å². The zero-order valence-electron chi connectivity index (χ0n) is 18.5. The van der Waals surface area contributed by atoms with Crippen molar-refractivity contribution in [3.8, 4) is 0 Å². The third kappa shape index (κ3) is 10.7. The van der Waals surface area contributed by atoms with Crippen LogP contribution in [-0.2, 0) is 23.3 Å². The second-order valence-corrected chi connectivity index (χ2v) is 15.4. The number of benzene rings is 2. The van der Waals surface area contributed by atoms with Gasteiger partial charge in [-0.05, 0) is 0 Å². The molecule has 30 heavy (non-hydrogen) atoms. The van der Waals surface area contributed by atoms with Gasteiger partial charge in [-0.2, -0.15) is 6.08 Å². The van der Waals surface area contributed by atoms with Crippen molar-refractivity contribution in [2.45, 2.75) is 46.2 Å². The minimum absolute atomic E-state index is 0. The molecule has 0 nitrogen and oxygen atoms in total. The minimum atomic E-state index is 0. The molecular weight excluding hydrogens is 503 g/mol. The summed E-state index contributed by atoms with van der Waals surface area (Å²) in [7, 11) is 0. The van der Waals surface area contributed by atoms with Crippen LogP contribution in [0.1, 0.15) is 34.1 Å². The van der Waals surface area contributed by atoms with Crippen molar-refractivity contribution in [2.75, 3.05) is 0 Å². The third-order valence-corrected chi connectivity index (χ3v) is 10.0. The van der Waals surface area contributed by atoms with Crippen LogP contribution in [0, 0.1) is 17.9 Å². The maximum Gasteiger partial charge on any atom is -0.0771 e. The Morgan fingerprint density at radius 3 is 1.67 bits per heavy atom. The maximum atomic E-state index is 2.99. The van der Waals surface area contributed by atoms with Crippen LogP contribution >= 0.6 is 0 Å². The van der Waals surface area contributed by atoms with Crippen molar-refractivity contribution < 1.29 is 48.1 Å². The molecule has 0 aliphatic heterocycles. The van der Waals surface area contributed by atoms with Gasteiger partial charge in [0, 0.05) is 0 Å². The predicted octanol–water partition coefficient (Wildman–Crippen LogP) is 1.86. The fraction of sp³-hybridized carbons (Fsp3) is 0.346. The van der Waals surface area contributed by atoms with E-state index in [2.05, 4.69) is 94.4 Å². The number of hydrogen-bond acceptors (Lipinski definition) is 0. The van der Waals surface area contributed by atoms with Gasteiger partial charge in [0.25, 0.3) is 0 Å². The summed E-state index contributed by atoms with van der Waals surface area (Å²) >= 11 is 1.83. The van der Waals surface area contributed by atoms with E-state index in [4.69, 9.17) is 0 Å². The molecular formula is C26H32Cl2SiZr-2. The summed E-state index contributed by atoms with van der Waals surface area (Å²) in [6.45, 7) is 9.37. The van der Waals surface area contributed by atoms with Crippen LogP contribution in [0.15, 0.2) is 72.8 Å². The fourth-order valence-electron chi connectivity index (χ4n) is 3.31. The third-order valence-electron chi connectivity index (χ3n) is 4.42. The van der Waals surface area contributed by atoms with Crippen molar-refractivity contribution in [2.24, 2.45) is 11.8 Å². The molecule has 0 saturated heterocycles. The molecule has 0 fully saturated rings. The van der Waals surface area contributed by atoms with Crippen molar-refractivity contribution in [3.63, 3.8) is 0 Å². The van der Waals surface area contributed by atoms with E-state index < -0.39 is 0 Å². The number of allylic oxidation sites excluding steroid dienone is 4. The molecule has 1 aliphatic carbocycles. The van der Waals surface area contributed by atoms with Gasteiger partial charge in [-0.15, -0.1) is 46.2 Å². The van der Waals surface area contributed by atoms with Gasteiger partial charge in [0.1, 0.15) is 0 Å². The maximum absolute atomic E-state index is 2.99. The van der Waals surface area contributed by atoms with E-state index in [1.165, 1.54) is 33.6 Å². The summed E-state index contributed by atoms with van der Waals surface area (Å²) in [5, 5.41) is 5.39. The van der Waals surface area contributed by atoms with Gasteiger partial charge >= 0.3 is 80.4 Å². The molecule has 4 heteroatoms. The van der Waals surface area contributed by atoms with E-state index in [0.29, 0.717) is 0 Å². The van der Waals surface area contributed by atoms with Crippen molar-refractivity contribution >= 4 is 27.0 Å². The average Bonchev–Trinajstić information content (AvgIpc) is 3.32. The summed E-state index contributed by atoms with van der Waals surface area (Å²) in [5.41, 5.74) is 0.101. The fourth-order valence-corrected chi connectivity index (χ4v) is 11.5. The van der Waals surface area contributed by atoms with Crippen LogP contribution in [0.3, 0.4) is 0 Å². The van der Waals surface area contributed by atoms with E-state index >= 15 is 0 Å². The SMILES string of the molecule is CC(C)C[Si](=[Zr+2])CC(C)C.[C-]1=CC=CC1.[Cl-].[Cl-].c1ccc2c(c1)[cH-]c1ccccc12. The Balaban J connectivity index is 0.000000444. The molecule has 0 aromatic heterocycles. The van der Waals surface area contributed by atoms with E-state index in [-0.39, 0.29) is 30.2 Å². The number of hydrogen-bond donors (Lipinski definition) is 0. The number of fused-ring (bicyclic) bond motifs is 3. The van der Waals surface area contributed by atoms with Gasteiger partial charge in [0.2, 0.25) is 0 Å². The molecule has 0 radical (unpaired) electrons. The van der Waals surface area contributed by atoms with Crippen LogP contribution in [0.5, 0.6) is 0 Å². The predicted molar refractivity (Wildman–Crippen MR) is 124 cm³/mol. The van der Waals surface area contributed by atoms with Crippen molar-refractivity contribution in [1.82, 2.24) is 0 Å². The molecule has 0 N–H and O–H groups in total. The second kappa shape index (κ2) is 16.2. The number of rotatable bonds is 4. The Hall–Kier alpha value is -0.530. The van der Waals surface area contributed by atoms with Gasteiger partial charge < -0.3 is 24.8 Å². The Labute approximate surface area is 210 Å². The van der Waals surface area contributed by atoms with E-state index in [1.807, 2.05) is 35.5 Å². The molecule has 0 atom stereocenters. The number of halogens is 2. The molecule has 0 bridgehead atoms. The quantitative estimate of drug-likeness (QED) is 0.354. The first kappa shape index (κ1) is 29.5. The van der Waals surface area contributed by atoms with Crippen LogP contribution in [0.25, 0.3) is 21.5 Å². The molecule has 4 rings (SSSR count). The summed E-state index contributed by atoms with van der Waals surface area (Å²) < 4.78 is 0. The molecule has 3 aromatic carbocycles. The first-order valence-electron chi connectivity index (χ1n) is 10.3. The Morgan fingerprint density at radius 1 is 0.867 bits per heavy atom. The molecule has 3 aromatic rings. The second-order valence-electron chi connectivity index (χ2n) is 8.12. The van der Waals surface area contributed by atoms with Crippen LogP contribution in [0.2, 0.25) is 12.1 Å². The largest absolute Gasteiger partial charge is 1.00 e. The van der Waals surface area contributed by atoms with Gasteiger partial charge in [-0.3, -0.25) is 6.08 Å². The van der Waals surface area contributed by atoms with Gasteiger partial charge in [-0.1, -0.05) is 36.4 Å². The molecule has 0 heterocycles. The van der Waals surface area contributed by atoms with Gasteiger partial charge in [0.15, 0.2) is 0 Å². The van der Waals surface area contributed by atoms with E-state index in [1.54, 1.807) is 0 Å². The minimum Gasteiger partial charge on any atom is -1.00 e. The Bertz CT molecular complexity index is 866. The normalized spacial score (nSPS) is 11.5.